The predicted molar refractivity (Wildman–Crippen MR) is 121 cm³/mol. The second-order valence-corrected chi connectivity index (χ2v) is 8.67. The molecule has 1 aromatic carbocycles. The quantitative estimate of drug-likeness (QED) is 0.492. The molecule has 1 N–H and O–H groups in total. The van der Waals surface area contributed by atoms with Gasteiger partial charge in [0.1, 0.15) is 5.82 Å². The number of fused-ring (bicyclic) bond motifs is 1. The molecular formula is C23H24N6S. The summed E-state index contributed by atoms with van der Waals surface area (Å²) in [6.07, 6.45) is 8.75. The van der Waals surface area contributed by atoms with Crippen molar-refractivity contribution in [3.05, 3.63) is 71.6 Å². The fraction of sp³-hybridized carbons (Fsp3) is 0.304. The standard InChI is InChI=1S/C23H24N6S/c1-2-19(27-22(3-1)28-23-26-10-13-30-23)14-17-6-11-29(12-7-17)16-18-4-5-20-21(15-18)25-9-8-24-20/h1-5,8-10,13,15,17H,6-7,11-12,14,16H2,(H,26,27,28). The van der Waals surface area contributed by atoms with Gasteiger partial charge < -0.3 is 5.32 Å². The van der Waals surface area contributed by atoms with Crippen LogP contribution in [0.4, 0.5) is 10.9 Å². The topological polar surface area (TPSA) is 66.8 Å². The number of nitrogens with zero attached hydrogens (tertiary/aromatic N) is 5. The van der Waals surface area contributed by atoms with Crippen LogP contribution >= 0.6 is 11.3 Å². The van der Waals surface area contributed by atoms with Crippen LogP contribution in [-0.4, -0.2) is 37.9 Å². The highest BCUT2D eigenvalue weighted by Gasteiger charge is 2.20. The molecule has 30 heavy (non-hydrogen) atoms. The highest BCUT2D eigenvalue weighted by molar-refractivity contribution is 7.13. The number of likely N-dealkylation sites (tertiary alicyclic amines) is 1. The van der Waals surface area contributed by atoms with E-state index >= 15 is 0 Å². The van der Waals surface area contributed by atoms with Gasteiger partial charge in [-0.3, -0.25) is 14.9 Å². The maximum absolute atomic E-state index is 4.79. The molecule has 0 aliphatic carbocycles. The van der Waals surface area contributed by atoms with Gasteiger partial charge in [-0.05, 0) is 68.1 Å². The Morgan fingerprint density at radius 2 is 1.83 bits per heavy atom. The molecule has 1 aliphatic rings. The molecule has 0 unspecified atom stereocenters. The molecule has 4 aromatic rings. The van der Waals surface area contributed by atoms with Crippen LogP contribution < -0.4 is 5.32 Å². The SMILES string of the molecule is c1cc(CC2CCN(Cc3ccc4nccnc4c3)CC2)nc(Nc2nccs2)c1. The van der Waals surface area contributed by atoms with Crippen molar-refractivity contribution in [1.82, 2.24) is 24.8 Å². The fourth-order valence-corrected chi connectivity index (χ4v) is 4.60. The third-order valence-electron chi connectivity index (χ3n) is 5.62. The van der Waals surface area contributed by atoms with Gasteiger partial charge in [0.05, 0.1) is 11.0 Å². The fourth-order valence-electron chi connectivity index (χ4n) is 4.07. The summed E-state index contributed by atoms with van der Waals surface area (Å²) in [5, 5.41) is 6.13. The zero-order valence-electron chi connectivity index (χ0n) is 16.7. The molecule has 0 amide bonds. The number of hydrogen-bond donors (Lipinski definition) is 1. The third-order valence-corrected chi connectivity index (χ3v) is 6.31. The van der Waals surface area contributed by atoms with Crippen molar-refractivity contribution in [2.24, 2.45) is 5.92 Å². The normalized spacial score (nSPS) is 15.5. The number of anilines is 2. The number of pyridine rings is 1. The van der Waals surface area contributed by atoms with E-state index in [1.807, 2.05) is 11.4 Å². The minimum atomic E-state index is 0.686. The van der Waals surface area contributed by atoms with E-state index < -0.39 is 0 Å². The minimum Gasteiger partial charge on any atom is -0.316 e. The van der Waals surface area contributed by atoms with Gasteiger partial charge in [-0.25, -0.2) is 9.97 Å². The highest BCUT2D eigenvalue weighted by Crippen LogP contribution is 2.24. The zero-order valence-corrected chi connectivity index (χ0v) is 17.6. The van der Waals surface area contributed by atoms with Crippen LogP contribution in [-0.2, 0) is 13.0 Å². The molecule has 1 aliphatic heterocycles. The average Bonchev–Trinajstić information content (AvgIpc) is 3.28. The molecule has 7 heteroatoms. The van der Waals surface area contributed by atoms with E-state index in [9.17, 15) is 0 Å². The second kappa shape index (κ2) is 8.85. The summed E-state index contributed by atoms with van der Waals surface area (Å²) >= 11 is 1.59. The summed E-state index contributed by atoms with van der Waals surface area (Å²) in [5.41, 5.74) is 4.40. The Morgan fingerprint density at radius 3 is 2.67 bits per heavy atom. The molecular weight excluding hydrogens is 392 g/mol. The van der Waals surface area contributed by atoms with Crippen molar-refractivity contribution in [1.29, 1.82) is 0 Å². The first-order chi connectivity index (χ1) is 14.8. The van der Waals surface area contributed by atoms with Gasteiger partial charge in [-0.15, -0.1) is 11.3 Å². The average molecular weight is 417 g/mol. The smallest absolute Gasteiger partial charge is 0.188 e. The Morgan fingerprint density at radius 1 is 0.967 bits per heavy atom. The van der Waals surface area contributed by atoms with Crippen LogP contribution in [0.1, 0.15) is 24.1 Å². The van der Waals surface area contributed by atoms with Gasteiger partial charge in [0.15, 0.2) is 5.13 Å². The number of benzene rings is 1. The van der Waals surface area contributed by atoms with Crippen LogP contribution in [0.2, 0.25) is 0 Å². The second-order valence-electron chi connectivity index (χ2n) is 7.78. The molecule has 0 bridgehead atoms. The Balaban J connectivity index is 1.15. The molecule has 0 radical (unpaired) electrons. The summed E-state index contributed by atoms with van der Waals surface area (Å²) in [6, 6.07) is 12.6. The number of thiazole rings is 1. The molecule has 152 valence electrons. The maximum Gasteiger partial charge on any atom is 0.188 e. The molecule has 1 saturated heterocycles. The number of hydrogen-bond acceptors (Lipinski definition) is 7. The van der Waals surface area contributed by atoms with E-state index in [2.05, 4.69) is 55.5 Å². The summed E-state index contributed by atoms with van der Waals surface area (Å²) in [6.45, 7) is 3.23. The monoisotopic (exact) mass is 416 g/mol. The number of aromatic nitrogens is 4. The Hall–Kier alpha value is -2.90. The molecule has 1 fully saturated rings. The lowest BCUT2D eigenvalue weighted by Crippen LogP contribution is -2.34. The van der Waals surface area contributed by atoms with E-state index in [0.717, 1.165) is 53.7 Å². The largest absolute Gasteiger partial charge is 0.316 e. The Labute approximate surface area is 180 Å². The number of piperidine rings is 1. The lowest BCUT2D eigenvalue weighted by atomic mass is 9.91. The minimum absolute atomic E-state index is 0.686. The zero-order chi connectivity index (χ0) is 20.2. The first-order valence-corrected chi connectivity index (χ1v) is 11.2. The number of rotatable bonds is 6. The molecule has 3 aromatic heterocycles. The van der Waals surface area contributed by atoms with Crippen molar-refractivity contribution in [2.75, 3.05) is 18.4 Å². The molecule has 5 rings (SSSR count). The Bertz CT molecular complexity index is 1110. The first kappa shape index (κ1) is 19.1. The van der Waals surface area contributed by atoms with Crippen molar-refractivity contribution < 1.29 is 0 Å². The Kier molecular flexibility index (Phi) is 5.63. The van der Waals surface area contributed by atoms with Gasteiger partial charge in [0.2, 0.25) is 0 Å². The molecule has 0 spiro atoms. The van der Waals surface area contributed by atoms with Crippen LogP contribution in [0.15, 0.2) is 60.4 Å². The summed E-state index contributed by atoms with van der Waals surface area (Å²) < 4.78 is 0. The molecule has 0 saturated carbocycles. The molecule has 0 atom stereocenters. The summed E-state index contributed by atoms with van der Waals surface area (Å²) in [7, 11) is 0. The predicted octanol–water partition coefficient (Wildman–Crippen LogP) is 4.68. The van der Waals surface area contributed by atoms with Gasteiger partial charge >= 0.3 is 0 Å². The van der Waals surface area contributed by atoms with Gasteiger partial charge in [0, 0.05) is 36.2 Å². The number of nitrogens with one attached hydrogen (secondary N) is 1. The van der Waals surface area contributed by atoms with E-state index in [0.29, 0.717) is 5.92 Å². The maximum atomic E-state index is 4.79. The van der Waals surface area contributed by atoms with Gasteiger partial charge in [-0.1, -0.05) is 12.1 Å². The van der Waals surface area contributed by atoms with Crippen LogP contribution in [0, 0.1) is 5.92 Å². The van der Waals surface area contributed by atoms with E-state index in [1.54, 1.807) is 29.9 Å². The van der Waals surface area contributed by atoms with Crippen LogP contribution in [0.3, 0.4) is 0 Å². The highest BCUT2D eigenvalue weighted by atomic mass is 32.1. The van der Waals surface area contributed by atoms with Gasteiger partial charge in [0.25, 0.3) is 0 Å². The van der Waals surface area contributed by atoms with Crippen molar-refractivity contribution >= 4 is 33.3 Å². The van der Waals surface area contributed by atoms with Crippen molar-refractivity contribution in [2.45, 2.75) is 25.8 Å². The first-order valence-electron chi connectivity index (χ1n) is 10.4. The summed E-state index contributed by atoms with van der Waals surface area (Å²) in [4.78, 5) is 20.4. The van der Waals surface area contributed by atoms with Crippen molar-refractivity contribution in [3.8, 4) is 0 Å². The van der Waals surface area contributed by atoms with Gasteiger partial charge in [-0.2, -0.15) is 0 Å². The van der Waals surface area contributed by atoms with Crippen molar-refractivity contribution in [3.63, 3.8) is 0 Å². The lowest BCUT2D eigenvalue weighted by Gasteiger charge is -2.32. The van der Waals surface area contributed by atoms with E-state index in [1.165, 1.54) is 18.4 Å². The van der Waals surface area contributed by atoms with Crippen LogP contribution in [0.25, 0.3) is 11.0 Å². The van der Waals surface area contributed by atoms with Crippen LogP contribution in [0.5, 0.6) is 0 Å². The lowest BCUT2D eigenvalue weighted by molar-refractivity contribution is 0.176. The molecule has 4 heterocycles. The summed E-state index contributed by atoms with van der Waals surface area (Å²) in [5.74, 6) is 1.56. The third kappa shape index (κ3) is 4.63. The van der Waals surface area contributed by atoms with E-state index in [4.69, 9.17) is 4.98 Å². The van der Waals surface area contributed by atoms with E-state index in [-0.39, 0.29) is 0 Å². The molecule has 6 nitrogen and oxygen atoms in total.